The van der Waals surface area contributed by atoms with Crippen molar-refractivity contribution in [2.24, 2.45) is 0 Å². The van der Waals surface area contributed by atoms with E-state index < -0.39 is 0 Å². The highest BCUT2D eigenvalue weighted by Crippen LogP contribution is 2.20. The first-order chi connectivity index (χ1) is 8.83. The molecule has 0 atom stereocenters. The molecule has 1 aromatic carbocycles. The summed E-state index contributed by atoms with van der Waals surface area (Å²) in [4.78, 5) is 7.78. The Labute approximate surface area is 111 Å². The number of nitrogens with zero attached hydrogens (tertiary/aromatic N) is 1. The van der Waals surface area contributed by atoms with Gasteiger partial charge in [-0.05, 0) is 26.0 Å². The van der Waals surface area contributed by atoms with Crippen molar-refractivity contribution in [3.63, 3.8) is 0 Å². The van der Waals surface area contributed by atoms with Crippen LogP contribution in [0.5, 0.6) is 0 Å². The molecule has 1 aromatic heterocycles. The number of ether oxygens (including phenoxy) is 2. The highest BCUT2D eigenvalue weighted by Gasteiger charge is 2.10. The minimum atomic E-state index is -0.168. The smallest absolute Gasteiger partial charge is 0.166 e. The van der Waals surface area contributed by atoms with Crippen molar-refractivity contribution in [2.45, 2.75) is 25.3 Å². The Balaban J connectivity index is 1.95. The number of nitrogens with one attached hydrogen (secondary N) is 1. The molecule has 0 fully saturated rings. The van der Waals surface area contributed by atoms with Crippen LogP contribution in [0.25, 0.3) is 11.0 Å². The van der Waals surface area contributed by atoms with Gasteiger partial charge in [0, 0.05) is 13.2 Å². The van der Waals surface area contributed by atoms with E-state index in [0.29, 0.717) is 13.2 Å². The number of thioether (sulfide) groups is 1. The van der Waals surface area contributed by atoms with Gasteiger partial charge in [-0.1, -0.05) is 23.9 Å². The van der Waals surface area contributed by atoms with E-state index in [1.165, 1.54) is 0 Å². The Morgan fingerprint density at radius 3 is 2.61 bits per heavy atom. The molecule has 0 aliphatic carbocycles. The maximum Gasteiger partial charge on any atom is 0.166 e. The summed E-state index contributed by atoms with van der Waals surface area (Å²) in [6.07, 6.45) is -0.168. The molecule has 0 aliphatic heterocycles. The monoisotopic (exact) mass is 266 g/mol. The van der Waals surface area contributed by atoms with Crippen molar-refractivity contribution < 1.29 is 9.47 Å². The van der Waals surface area contributed by atoms with Crippen molar-refractivity contribution >= 4 is 22.8 Å². The zero-order valence-corrected chi connectivity index (χ0v) is 11.5. The number of para-hydroxylation sites is 2. The minimum Gasteiger partial charge on any atom is -0.352 e. The molecule has 18 heavy (non-hydrogen) atoms. The SMILES string of the molecule is CCOC(CSc1nc2ccccc2[nH]1)OCC. The van der Waals surface area contributed by atoms with E-state index in [2.05, 4.69) is 9.97 Å². The highest BCUT2D eigenvalue weighted by molar-refractivity contribution is 7.99. The van der Waals surface area contributed by atoms with Gasteiger partial charge in [0.2, 0.25) is 0 Å². The van der Waals surface area contributed by atoms with Crippen molar-refractivity contribution in [1.29, 1.82) is 0 Å². The van der Waals surface area contributed by atoms with Gasteiger partial charge in [0.05, 0.1) is 16.8 Å². The number of hydrogen-bond donors (Lipinski definition) is 1. The van der Waals surface area contributed by atoms with Crippen LogP contribution in [-0.2, 0) is 9.47 Å². The molecule has 0 saturated carbocycles. The van der Waals surface area contributed by atoms with E-state index in [1.54, 1.807) is 11.8 Å². The van der Waals surface area contributed by atoms with E-state index in [-0.39, 0.29) is 6.29 Å². The van der Waals surface area contributed by atoms with Crippen LogP contribution < -0.4 is 0 Å². The van der Waals surface area contributed by atoms with Crippen molar-refractivity contribution in [3.05, 3.63) is 24.3 Å². The molecule has 0 unspecified atom stereocenters. The summed E-state index contributed by atoms with van der Waals surface area (Å²) < 4.78 is 11.0. The molecule has 1 heterocycles. The first-order valence-electron chi connectivity index (χ1n) is 6.14. The summed E-state index contributed by atoms with van der Waals surface area (Å²) in [6, 6.07) is 8.01. The molecule has 4 nitrogen and oxygen atoms in total. The first kappa shape index (κ1) is 13.4. The number of rotatable bonds is 7. The number of imidazole rings is 1. The van der Waals surface area contributed by atoms with Crippen molar-refractivity contribution in [2.75, 3.05) is 19.0 Å². The van der Waals surface area contributed by atoms with E-state index in [1.807, 2.05) is 38.1 Å². The quantitative estimate of drug-likeness (QED) is 0.618. The predicted octanol–water partition coefficient (Wildman–Crippen LogP) is 3.05. The van der Waals surface area contributed by atoms with Crippen LogP contribution in [0.15, 0.2) is 29.4 Å². The van der Waals surface area contributed by atoms with Gasteiger partial charge in [-0.15, -0.1) is 0 Å². The summed E-state index contributed by atoms with van der Waals surface area (Å²) in [6.45, 7) is 5.26. The van der Waals surface area contributed by atoms with Gasteiger partial charge in [0.1, 0.15) is 0 Å². The standard InChI is InChI=1S/C13H18N2O2S/c1-3-16-12(17-4-2)9-18-13-14-10-7-5-6-8-11(10)15-13/h5-8,12H,3-4,9H2,1-2H3,(H,14,15). The highest BCUT2D eigenvalue weighted by atomic mass is 32.2. The van der Waals surface area contributed by atoms with Gasteiger partial charge < -0.3 is 14.5 Å². The van der Waals surface area contributed by atoms with Crippen LogP contribution in [0.4, 0.5) is 0 Å². The lowest BCUT2D eigenvalue weighted by atomic mass is 10.3. The normalized spacial score (nSPS) is 11.5. The molecule has 1 N–H and O–H groups in total. The number of fused-ring (bicyclic) bond motifs is 1. The molecule has 98 valence electrons. The second-order valence-corrected chi connectivity index (χ2v) is 4.72. The molecule has 0 radical (unpaired) electrons. The fourth-order valence-electron chi connectivity index (χ4n) is 1.66. The molecule has 0 bridgehead atoms. The summed E-state index contributed by atoms with van der Waals surface area (Å²) in [5, 5.41) is 0.903. The average molecular weight is 266 g/mol. The fraction of sp³-hybridized carbons (Fsp3) is 0.462. The number of benzene rings is 1. The number of aromatic amines is 1. The predicted molar refractivity (Wildman–Crippen MR) is 73.9 cm³/mol. The zero-order valence-electron chi connectivity index (χ0n) is 10.7. The summed E-state index contributed by atoms with van der Waals surface area (Å²) >= 11 is 1.62. The molecule has 5 heteroatoms. The Morgan fingerprint density at radius 2 is 1.94 bits per heavy atom. The van der Waals surface area contributed by atoms with Crippen molar-refractivity contribution in [1.82, 2.24) is 9.97 Å². The third-order valence-electron chi connectivity index (χ3n) is 2.43. The summed E-state index contributed by atoms with van der Waals surface area (Å²) in [5.74, 6) is 0.738. The van der Waals surface area contributed by atoms with Crippen LogP contribution in [-0.4, -0.2) is 35.2 Å². The molecular weight excluding hydrogens is 248 g/mol. The Bertz CT molecular complexity index is 448. The minimum absolute atomic E-state index is 0.168. The Kier molecular flexibility index (Phi) is 5.04. The van der Waals surface area contributed by atoms with Crippen molar-refractivity contribution in [3.8, 4) is 0 Å². The molecular formula is C13H18N2O2S. The summed E-state index contributed by atoms with van der Waals surface area (Å²) in [5.41, 5.74) is 2.05. The average Bonchev–Trinajstić information content (AvgIpc) is 2.79. The zero-order chi connectivity index (χ0) is 12.8. The van der Waals surface area contributed by atoms with Gasteiger partial charge in [-0.3, -0.25) is 0 Å². The maximum absolute atomic E-state index is 5.49. The van der Waals surface area contributed by atoms with Crippen LogP contribution in [0.2, 0.25) is 0 Å². The number of hydrogen-bond acceptors (Lipinski definition) is 4. The first-order valence-corrected chi connectivity index (χ1v) is 7.12. The Hall–Kier alpha value is -1.04. The largest absolute Gasteiger partial charge is 0.352 e. The lowest BCUT2D eigenvalue weighted by Crippen LogP contribution is -2.20. The topological polar surface area (TPSA) is 47.1 Å². The molecule has 0 saturated heterocycles. The molecule has 2 rings (SSSR count). The molecule has 0 amide bonds. The number of aromatic nitrogens is 2. The number of H-pyrrole nitrogens is 1. The fourth-order valence-corrected chi connectivity index (χ4v) is 2.49. The van der Waals surface area contributed by atoms with Gasteiger partial charge in [0.25, 0.3) is 0 Å². The Morgan fingerprint density at radius 1 is 1.22 bits per heavy atom. The van der Waals surface area contributed by atoms with Gasteiger partial charge in [0.15, 0.2) is 11.4 Å². The lowest BCUT2D eigenvalue weighted by Gasteiger charge is -2.15. The second kappa shape index (κ2) is 6.78. The molecule has 0 aliphatic rings. The van der Waals surface area contributed by atoms with Gasteiger partial charge >= 0.3 is 0 Å². The van der Waals surface area contributed by atoms with Gasteiger partial charge in [-0.25, -0.2) is 4.98 Å². The van der Waals surface area contributed by atoms with Crippen LogP contribution >= 0.6 is 11.8 Å². The van der Waals surface area contributed by atoms with Crippen LogP contribution in [0.3, 0.4) is 0 Å². The maximum atomic E-state index is 5.49. The molecule has 2 aromatic rings. The second-order valence-electron chi connectivity index (χ2n) is 3.71. The van der Waals surface area contributed by atoms with Crippen LogP contribution in [0, 0.1) is 0 Å². The third kappa shape index (κ3) is 3.48. The molecule has 0 spiro atoms. The summed E-state index contributed by atoms with van der Waals surface area (Å²) in [7, 11) is 0. The third-order valence-corrected chi connectivity index (χ3v) is 3.33. The van der Waals surface area contributed by atoms with E-state index in [9.17, 15) is 0 Å². The van der Waals surface area contributed by atoms with E-state index in [4.69, 9.17) is 9.47 Å². The van der Waals surface area contributed by atoms with Crippen LogP contribution in [0.1, 0.15) is 13.8 Å². The van der Waals surface area contributed by atoms with E-state index >= 15 is 0 Å². The van der Waals surface area contributed by atoms with Gasteiger partial charge in [-0.2, -0.15) is 0 Å². The lowest BCUT2D eigenvalue weighted by molar-refractivity contribution is -0.120. The van der Waals surface area contributed by atoms with E-state index in [0.717, 1.165) is 21.9 Å².